The van der Waals surface area contributed by atoms with Gasteiger partial charge in [-0.05, 0) is 63.1 Å². The summed E-state index contributed by atoms with van der Waals surface area (Å²) in [5.41, 5.74) is 5.83. The Labute approximate surface area is 144 Å². The van der Waals surface area contributed by atoms with Gasteiger partial charge < -0.3 is 15.0 Å². The van der Waals surface area contributed by atoms with Gasteiger partial charge >= 0.3 is 0 Å². The number of aryl methyl sites for hydroxylation is 3. The Kier molecular flexibility index (Phi) is 5.24. The quantitative estimate of drug-likeness (QED) is 0.881. The van der Waals surface area contributed by atoms with E-state index in [1.165, 1.54) is 22.9 Å². The first-order valence-electron chi connectivity index (χ1n) is 8.97. The van der Waals surface area contributed by atoms with E-state index in [9.17, 15) is 4.79 Å². The molecule has 0 aliphatic carbocycles. The smallest absolute Gasteiger partial charge is 0.224 e. The van der Waals surface area contributed by atoms with Crippen LogP contribution in [0.4, 0.5) is 0 Å². The minimum atomic E-state index is 0.106. The summed E-state index contributed by atoms with van der Waals surface area (Å²) in [7, 11) is 0. The van der Waals surface area contributed by atoms with Gasteiger partial charge in [0, 0.05) is 36.4 Å². The van der Waals surface area contributed by atoms with Crippen LogP contribution in [-0.4, -0.2) is 30.6 Å². The van der Waals surface area contributed by atoms with Crippen LogP contribution in [0, 0.1) is 26.7 Å². The lowest BCUT2D eigenvalue weighted by molar-refractivity contribution is -0.120. The number of carbonyl (C=O) groups is 1. The summed E-state index contributed by atoms with van der Waals surface area (Å²) in [6.45, 7) is 8.74. The topological polar surface area (TPSA) is 54.1 Å². The van der Waals surface area contributed by atoms with Crippen LogP contribution in [0.5, 0.6) is 0 Å². The van der Waals surface area contributed by atoms with Crippen molar-refractivity contribution >= 4 is 16.8 Å². The largest absolute Gasteiger partial charge is 0.381 e. The number of carbonyl (C=O) groups excluding carboxylic acids is 1. The Morgan fingerprint density at radius 1 is 1.33 bits per heavy atom. The first-order chi connectivity index (χ1) is 11.5. The van der Waals surface area contributed by atoms with Gasteiger partial charge in [-0.25, -0.2) is 0 Å². The monoisotopic (exact) mass is 328 g/mol. The Morgan fingerprint density at radius 3 is 2.92 bits per heavy atom. The molecule has 24 heavy (non-hydrogen) atoms. The molecule has 0 bridgehead atoms. The van der Waals surface area contributed by atoms with E-state index in [0.717, 1.165) is 49.4 Å². The molecule has 1 aromatic carbocycles. The van der Waals surface area contributed by atoms with Gasteiger partial charge in [-0.15, -0.1) is 0 Å². The highest BCUT2D eigenvalue weighted by Crippen LogP contribution is 2.26. The van der Waals surface area contributed by atoms with E-state index in [2.05, 4.69) is 43.2 Å². The van der Waals surface area contributed by atoms with Crippen molar-refractivity contribution in [3.63, 3.8) is 0 Å². The third-order valence-corrected chi connectivity index (χ3v) is 5.04. The van der Waals surface area contributed by atoms with E-state index < -0.39 is 0 Å². The molecule has 1 saturated heterocycles. The van der Waals surface area contributed by atoms with Gasteiger partial charge in [0.05, 0.1) is 6.42 Å². The summed E-state index contributed by atoms with van der Waals surface area (Å²) in [4.78, 5) is 15.8. The van der Waals surface area contributed by atoms with Gasteiger partial charge in [0.1, 0.15) is 0 Å². The summed E-state index contributed by atoms with van der Waals surface area (Å²) in [6, 6.07) is 4.35. The summed E-state index contributed by atoms with van der Waals surface area (Å²) in [5.74, 6) is 0.703. The fourth-order valence-corrected chi connectivity index (χ4v) is 3.74. The fraction of sp³-hybridized carbons (Fsp3) is 0.550. The Bertz CT molecular complexity index is 727. The Balaban J connectivity index is 1.62. The molecule has 0 saturated carbocycles. The van der Waals surface area contributed by atoms with Crippen molar-refractivity contribution in [1.82, 2.24) is 10.3 Å². The van der Waals surface area contributed by atoms with Crippen molar-refractivity contribution in [2.75, 3.05) is 19.8 Å². The number of fused-ring (bicyclic) bond motifs is 1. The normalized spacial score (nSPS) is 18.0. The molecule has 4 nitrogen and oxygen atoms in total. The predicted octanol–water partition coefficient (Wildman–Crippen LogP) is 3.57. The lowest BCUT2D eigenvalue weighted by Gasteiger charge is -2.21. The second-order valence-corrected chi connectivity index (χ2v) is 7.13. The van der Waals surface area contributed by atoms with E-state index in [0.29, 0.717) is 12.3 Å². The third kappa shape index (κ3) is 3.81. The van der Waals surface area contributed by atoms with Crippen molar-refractivity contribution in [2.45, 2.75) is 46.5 Å². The van der Waals surface area contributed by atoms with E-state index in [1.54, 1.807) is 0 Å². The molecule has 1 aromatic heterocycles. The number of ether oxygens (including phenoxy) is 1. The van der Waals surface area contributed by atoms with Crippen molar-refractivity contribution in [3.8, 4) is 0 Å². The minimum absolute atomic E-state index is 0.106. The summed E-state index contributed by atoms with van der Waals surface area (Å²) >= 11 is 0. The molecule has 0 radical (unpaired) electrons. The maximum Gasteiger partial charge on any atom is 0.224 e. The van der Waals surface area contributed by atoms with E-state index in [4.69, 9.17) is 4.74 Å². The van der Waals surface area contributed by atoms with Gasteiger partial charge in [-0.1, -0.05) is 11.6 Å². The second kappa shape index (κ2) is 7.39. The van der Waals surface area contributed by atoms with Gasteiger partial charge in [0.2, 0.25) is 5.91 Å². The van der Waals surface area contributed by atoms with Gasteiger partial charge in [0.25, 0.3) is 0 Å². The number of benzene rings is 1. The van der Waals surface area contributed by atoms with Crippen LogP contribution >= 0.6 is 0 Å². The fourth-order valence-electron chi connectivity index (χ4n) is 3.74. The lowest BCUT2D eigenvalue weighted by atomic mass is 9.98. The van der Waals surface area contributed by atoms with E-state index in [-0.39, 0.29) is 5.91 Å². The van der Waals surface area contributed by atoms with Crippen LogP contribution in [0.2, 0.25) is 0 Å². The average molecular weight is 328 g/mol. The maximum atomic E-state index is 12.4. The summed E-state index contributed by atoms with van der Waals surface area (Å²) < 4.78 is 5.49. The highest BCUT2D eigenvalue weighted by atomic mass is 16.5. The molecule has 0 spiro atoms. The number of rotatable bonds is 5. The van der Waals surface area contributed by atoms with E-state index >= 15 is 0 Å². The maximum absolute atomic E-state index is 12.4. The highest BCUT2D eigenvalue weighted by molar-refractivity contribution is 5.92. The number of hydrogen-bond acceptors (Lipinski definition) is 2. The summed E-state index contributed by atoms with van der Waals surface area (Å²) in [5, 5.41) is 4.26. The third-order valence-electron chi connectivity index (χ3n) is 5.04. The van der Waals surface area contributed by atoms with Crippen LogP contribution in [0.3, 0.4) is 0 Å². The SMILES string of the molecule is Cc1cc(C)c2[nH]c(C)c(CC(=O)NCCC3CCCOC3)c2c1. The minimum Gasteiger partial charge on any atom is -0.381 e. The van der Waals surface area contributed by atoms with Crippen molar-refractivity contribution in [1.29, 1.82) is 0 Å². The number of H-pyrrole nitrogens is 1. The highest BCUT2D eigenvalue weighted by Gasteiger charge is 2.16. The molecule has 2 N–H and O–H groups in total. The van der Waals surface area contributed by atoms with Gasteiger partial charge in [0.15, 0.2) is 0 Å². The molecule has 1 unspecified atom stereocenters. The van der Waals surface area contributed by atoms with Crippen LogP contribution < -0.4 is 5.32 Å². The molecule has 2 heterocycles. The van der Waals surface area contributed by atoms with Crippen molar-refractivity contribution < 1.29 is 9.53 Å². The molecule has 1 amide bonds. The molecule has 1 atom stereocenters. The van der Waals surface area contributed by atoms with Crippen molar-refractivity contribution in [3.05, 3.63) is 34.5 Å². The Morgan fingerprint density at radius 2 is 2.17 bits per heavy atom. The molecule has 1 fully saturated rings. The molecule has 3 rings (SSSR count). The lowest BCUT2D eigenvalue weighted by Crippen LogP contribution is -2.29. The molecular formula is C20H28N2O2. The predicted molar refractivity (Wildman–Crippen MR) is 97.4 cm³/mol. The van der Waals surface area contributed by atoms with Gasteiger partial charge in [-0.2, -0.15) is 0 Å². The summed E-state index contributed by atoms with van der Waals surface area (Å²) in [6.07, 6.45) is 3.81. The standard InChI is InChI=1S/C20H28N2O2/c1-13-9-14(2)20-18(10-13)17(15(3)22-20)11-19(23)21-7-6-16-5-4-8-24-12-16/h9-10,16,22H,4-8,11-12H2,1-3H3,(H,21,23). The van der Waals surface area contributed by atoms with Crippen LogP contribution in [-0.2, 0) is 16.0 Å². The number of nitrogens with one attached hydrogen (secondary N) is 2. The first kappa shape index (κ1) is 17.0. The van der Waals surface area contributed by atoms with Crippen LogP contribution in [0.25, 0.3) is 10.9 Å². The first-order valence-corrected chi connectivity index (χ1v) is 8.97. The molecule has 2 aromatic rings. The molecule has 1 aliphatic heterocycles. The van der Waals surface area contributed by atoms with Crippen molar-refractivity contribution in [2.24, 2.45) is 5.92 Å². The van der Waals surface area contributed by atoms with E-state index in [1.807, 2.05) is 0 Å². The zero-order chi connectivity index (χ0) is 17.1. The van der Waals surface area contributed by atoms with Gasteiger partial charge in [-0.3, -0.25) is 4.79 Å². The van der Waals surface area contributed by atoms with Crippen LogP contribution in [0.1, 0.15) is 41.6 Å². The average Bonchev–Trinajstić information content (AvgIpc) is 2.85. The molecular weight excluding hydrogens is 300 g/mol. The zero-order valence-corrected chi connectivity index (χ0v) is 15.0. The molecule has 4 heteroatoms. The Hall–Kier alpha value is -1.81. The number of hydrogen-bond donors (Lipinski definition) is 2. The molecule has 130 valence electrons. The van der Waals surface area contributed by atoms with Crippen LogP contribution in [0.15, 0.2) is 12.1 Å². The number of aromatic nitrogens is 1. The zero-order valence-electron chi connectivity index (χ0n) is 15.0. The number of aromatic amines is 1. The molecule has 1 aliphatic rings. The number of amides is 1. The second-order valence-electron chi connectivity index (χ2n) is 7.13.